The number of sulfonamides is 1. The predicted molar refractivity (Wildman–Crippen MR) is 144 cm³/mol. The number of benzene rings is 3. The van der Waals surface area contributed by atoms with Gasteiger partial charge < -0.3 is 19.4 Å². The van der Waals surface area contributed by atoms with Gasteiger partial charge in [-0.2, -0.15) is 4.72 Å². The third kappa shape index (κ3) is 5.41. The zero-order valence-corrected chi connectivity index (χ0v) is 21.3. The smallest absolute Gasteiger partial charge is 0.321 e. The summed E-state index contributed by atoms with van der Waals surface area (Å²) < 4.78 is 35.9. The Hall–Kier alpha value is -4.15. The van der Waals surface area contributed by atoms with Crippen LogP contribution in [-0.2, 0) is 26.2 Å². The van der Waals surface area contributed by atoms with Crippen molar-refractivity contribution in [2.75, 3.05) is 6.54 Å². The molecule has 5 aromatic rings. The highest BCUT2D eigenvalue weighted by atomic mass is 32.2. The fourth-order valence-corrected chi connectivity index (χ4v) is 5.80. The lowest BCUT2D eigenvalue weighted by Gasteiger charge is -2.15. The fourth-order valence-electron chi connectivity index (χ4n) is 4.55. The summed E-state index contributed by atoms with van der Waals surface area (Å²) in [5.74, 6) is -1.41. The summed E-state index contributed by atoms with van der Waals surface area (Å²) >= 11 is 0. The van der Waals surface area contributed by atoms with E-state index < -0.39 is 22.0 Å². The van der Waals surface area contributed by atoms with Gasteiger partial charge in [0.2, 0.25) is 15.9 Å². The minimum absolute atomic E-state index is 0.0346. The summed E-state index contributed by atoms with van der Waals surface area (Å²) in [6.45, 7) is 0.544. The topological polar surface area (TPSA) is 131 Å². The molecule has 1 amide bonds. The molecule has 10 heteroatoms. The van der Waals surface area contributed by atoms with Gasteiger partial charge in [-0.15, -0.1) is 0 Å². The molecule has 2 heterocycles. The summed E-state index contributed by atoms with van der Waals surface area (Å²) in [6, 6.07) is 20.2. The van der Waals surface area contributed by atoms with Gasteiger partial charge in [-0.05, 0) is 61.0 Å². The number of nitrogens with zero attached hydrogens (tertiary/aromatic N) is 1. The molecule has 1 atom stereocenters. The molecule has 0 aliphatic carbocycles. The van der Waals surface area contributed by atoms with Gasteiger partial charge in [0.05, 0.1) is 4.90 Å². The van der Waals surface area contributed by atoms with Crippen LogP contribution >= 0.6 is 0 Å². The fraction of sp³-hybridized carbons (Fsp3) is 0.214. The average Bonchev–Trinajstić information content (AvgIpc) is 3.48. The zero-order valence-electron chi connectivity index (χ0n) is 20.5. The number of carbonyl (C=O) groups excluding carboxylic acids is 1. The molecular weight excluding hydrogens is 506 g/mol. The first-order valence-corrected chi connectivity index (χ1v) is 13.8. The van der Waals surface area contributed by atoms with E-state index >= 15 is 0 Å². The number of hydrogen-bond acceptors (Lipinski definition) is 5. The van der Waals surface area contributed by atoms with Crippen LogP contribution in [0, 0.1) is 0 Å². The molecule has 0 aliphatic heterocycles. The molecule has 2 aromatic heterocycles. The van der Waals surface area contributed by atoms with Crippen molar-refractivity contribution >= 4 is 54.7 Å². The molecule has 0 radical (unpaired) electrons. The van der Waals surface area contributed by atoms with E-state index in [9.17, 15) is 23.1 Å². The maximum absolute atomic E-state index is 13.0. The largest absolute Gasteiger partial charge is 0.480 e. The van der Waals surface area contributed by atoms with Crippen LogP contribution in [0.15, 0.2) is 88.3 Å². The quantitative estimate of drug-likeness (QED) is 0.218. The molecule has 0 saturated carbocycles. The molecule has 9 nitrogen and oxygen atoms in total. The number of rotatable bonds is 11. The summed E-state index contributed by atoms with van der Waals surface area (Å²) in [7, 11) is -4.09. The third-order valence-electron chi connectivity index (χ3n) is 6.49. The van der Waals surface area contributed by atoms with Crippen LogP contribution in [0.2, 0.25) is 0 Å². The summed E-state index contributed by atoms with van der Waals surface area (Å²) in [5.41, 5.74) is 2.16. The highest BCUT2D eigenvalue weighted by Gasteiger charge is 2.25. The first kappa shape index (κ1) is 25.5. The van der Waals surface area contributed by atoms with Crippen LogP contribution in [0.25, 0.3) is 32.8 Å². The molecule has 3 N–H and O–H groups in total. The van der Waals surface area contributed by atoms with E-state index in [-0.39, 0.29) is 23.8 Å². The van der Waals surface area contributed by atoms with Gasteiger partial charge in [0.1, 0.15) is 23.8 Å². The molecule has 1 unspecified atom stereocenters. The van der Waals surface area contributed by atoms with Gasteiger partial charge in [-0.1, -0.05) is 36.4 Å². The van der Waals surface area contributed by atoms with Gasteiger partial charge in [-0.3, -0.25) is 9.59 Å². The van der Waals surface area contributed by atoms with Crippen molar-refractivity contribution in [1.29, 1.82) is 0 Å². The van der Waals surface area contributed by atoms with Gasteiger partial charge in [0, 0.05) is 29.0 Å². The molecule has 0 saturated heterocycles. The van der Waals surface area contributed by atoms with Crippen molar-refractivity contribution in [3.63, 3.8) is 0 Å². The summed E-state index contributed by atoms with van der Waals surface area (Å²) in [6.07, 6.45) is 2.87. The van der Waals surface area contributed by atoms with Crippen molar-refractivity contribution in [2.45, 2.75) is 36.7 Å². The van der Waals surface area contributed by atoms with E-state index in [1.165, 1.54) is 12.1 Å². The number of nitrogens with one attached hydrogen (secondary N) is 2. The van der Waals surface area contributed by atoms with E-state index in [1.54, 1.807) is 12.1 Å². The number of unbranched alkanes of at least 4 members (excludes halogenated alkanes) is 1. The Kier molecular flexibility index (Phi) is 7.17. The second-order valence-electron chi connectivity index (χ2n) is 9.12. The maximum Gasteiger partial charge on any atom is 0.321 e. The Balaban J connectivity index is 1.15. The lowest BCUT2D eigenvalue weighted by atomic mass is 10.1. The van der Waals surface area contributed by atoms with Crippen LogP contribution in [0.5, 0.6) is 0 Å². The Morgan fingerprint density at radius 1 is 0.921 bits per heavy atom. The number of para-hydroxylation sites is 2. The molecule has 38 heavy (non-hydrogen) atoms. The van der Waals surface area contributed by atoms with Gasteiger partial charge in [0.25, 0.3) is 0 Å². The Morgan fingerprint density at radius 3 is 2.53 bits per heavy atom. The SMILES string of the molecule is O=C(Cn1ccc2ccccc21)NCCCCC(NS(=O)(=O)c1ccc2oc3ccccc3c2c1)C(=O)O. The number of carboxylic acid groups (broad SMARTS) is 1. The summed E-state index contributed by atoms with van der Waals surface area (Å²) in [4.78, 5) is 24.1. The normalized spacial score (nSPS) is 12.7. The number of aliphatic carboxylic acids is 1. The van der Waals surface area contributed by atoms with Crippen molar-refractivity contribution in [1.82, 2.24) is 14.6 Å². The number of fused-ring (bicyclic) bond motifs is 4. The lowest BCUT2D eigenvalue weighted by molar-refractivity contribution is -0.139. The number of carbonyl (C=O) groups is 2. The zero-order chi connectivity index (χ0) is 26.7. The van der Waals surface area contributed by atoms with Crippen molar-refractivity contribution in [3.8, 4) is 0 Å². The van der Waals surface area contributed by atoms with Crippen molar-refractivity contribution in [3.05, 3.63) is 79.0 Å². The molecule has 0 spiro atoms. The number of carboxylic acids is 1. The minimum Gasteiger partial charge on any atom is -0.480 e. The minimum atomic E-state index is -4.09. The first-order valence-electron chi connectivity index (χ1n) is 12.3. The molecule has 196 valence electrons. The standard InChI is InChI=1S/C28H27N3O6S/c32-27(18-31-16-14-19-7-1-3-10-24(19)31)29-15-6-5-9-23(28(33)34)30-38(35,36)20-12-13-26-22(17-20)21-8-2-4-11-25(21)37-26/h1-4,7-8,10-14,16-17,23,30H,5-6,9,15,18H2,(H,29,32)(H,33,34). The number of aromatic nitrogens is 1. The van der Waals surface area contributed by atoms with E-state index in [1.807, 2.05) is 59.3 Å². The Morgan fingerprint density at radius 2 is 1.68 bits per heavy atom. The maximum atomic E-state index is 13.0. The molecule has 0 bridgehead atoms. The van der Waals surface area contributed by atoms with Crippen molar-refractivity contribution in [2.24, 2.45) is 0 Å². The number of hydrogen-bond donors (Lipinski definition) is 3. The van der Waals surface area contributed by atoms with E-state index in [0.29, 0.717) is 35.9 Å². The van der Waals surface area contributed by atoms with E-state index in [4.69, 9.17) is 4.42 Å². The number of furan rings is 1. The molecule has 0 fully saturated rings. The van der Waals surface area contributed by atoms with Crippen LogP contribution in [0.4, 0.5) is 0 Å². The van der Waals surface area contributed by atoms with Crippen LogP contribution < -0.4 is 10.0 Å². The Bertz CT molecular complexity index is 1740. The monoisotopic (exact) mass is 533 g/mol. The average molecular weight is 534 g/mol. The van der Waals surface area contributed by atoms with Crippen molar-refractivity contribution < 1.29 is 27.5 Å². The molecule has 3 aromatic carbocycles. The first-order chi connectivity index (χ1) is 18.3. The highest BCUT2D eigenvalue weighted by Crippen LogP contribution is 2.30. The third-order valence-corrected chi connectivity index (χ3v) is 7.96. The number of amides is 1. The second-order valence-corrected chi connectivity index (χ2v) is 10.8. The lowest BCUT2D eigenvalue weighted by Crippen LogP contribution is -2.40. The summed E-state index contributed by atoms with van der Waals surface area (Å²) in [5, 5.41) is 14.9. The second kappa shape index (κ2) is 10.7. The van der Waals surface area contributed by atoms with Crippen LogP contribution in [-0.4, -0.2) is 42.6 Å². The highest BCUT2D eigenvalue weighted by molar-refractivity contribution is 7.89. The van der Waals surface area contributed by atoms with Gasteiger partial charge in [-0.25, -0.2) is 8.42 Å². The molecule has 5 rings (SSSR count). The predicted octanol–water partition coefficient (Wildman–Crippen LogP) is 4.26. The molecule has 0 aliphatic rings. The molecular formula is C28H27N3O6S. The van der Waals surface area contributed by atoms with Crippen LogP contribution in [0.3, 0.4) is 0 Å². The van der Waals surface area contributed by atoms with Gasteiger partial charge >= 0.3 is 5.97 Å². The van der Waals surface area contributed by atoms with E-state index in [2.05, 4.69) is 10.0 Å². The van der Waals surface area contributed by atoms with Crippen LogP contribution in [0.1, 0.15) is 19.3 Å². The van der Waals surface area contributed by atoms with Gasteiger partial charge in [0.15, 0.2) is 0 Å². The Labute approximate surface area is 219 Å². The van der Waals surface area contributed by atoms with E-state index in [0.717, 1.165) is 16.3 Å².